The number of carbonyl (C=O) groups is 2. The van der Waals surface area contributed by atoms with Crippen molar-refractivity contribution in [2.24, 2.45) is 0 Å². The molecule has 0 aromatic heterocycles. The van der Waals surface area contributed by atoms with Crippen LogP contribution in [0.5, 0.6) is 0 Å². The number of likely N-dealkylation sites (N-methyl/N-ethyl adjacent to an activating group) is 1. The van der Waals surface area contributed by atoms with E-state index in [9.17, 15) is 9.59 Å². The smallest absolute Gasteiger partial charge is 0.238 e. The lowest BCUT2D eigenvalue weighted by molar-refractivity contribution is -0.135. The third-order valence-electron chi connectivity index (χ3n) is 4.10. The van der Waals surface area contributed by atoms with E-state index in [2.05, 4.69) is 15.5 Å². The number of piperazine rings is 1. The van der Waals surface area contributed by atoms with Gasteiger partial charge < -0.3 is 20.3 Å². The fourth-order valence-corrected chi connectivity index (χ4v) is 2.84. The van der Waals surface area contributed by atoms with Crippen LogP contribution in [0.2, 0.25) is 0 Å². The van der Waals surface area contributed by atoms with Crippen molar-refractivity contribution in [3.8, 4) is 0 Å². The molecular formula is C14H26N4O3. The van der Waals surface area contributed by atoms with Gasteiger partial charge in [0.1, 0.15) is 6.04 Å². The summed E-state index contributed by atoms with van der Waals surface area (Å²) in [7, 11) is 1.66. The molecule has 2 rings (SSSR count). The zero-order chi connectivity index (χ0) is 15.1. The van der Waals surface area contributed by atoms with Crippen LogP contribution in [0.4, 0.5) is 0 Å². The average molecular weight is 298 g/mol. The van der Waals surface area contributed by atoms with Gasteiger partial charge in [0.2, 0.25) is 11.8 Å². The molecule has 7 nitrogen and oxygen atoms in total. The summed E-state index contributed by atoms with van der Waals surface area (Å²) in [6.45, 7) is 5.90. The summed E-state index contributed by atoms with van der Waals surface area (Å²) in [4.78, 5) is 28.0. The van der Waals surface area contributed by atoms with Crippen molar-refractivity contribution < 1.29 is 14.3 Å². The second kappa shape index (κ2) is 8.31. The predicted molar refractivity (Wildman–Crippen MR) is 78.9 cm³/mol. The number of morpholine rings is 1. The number of amides is 2. The maximum absolute atomic E-state index is 12.1. The highest BCUT2D eigenvalue weighted by Gasteiger charge is 2.27. The highest BCUT2D eigenvalue weighted by Crippen LogP contribution is 2.08. The molecule has 0 aromatic rings. The molecule has 1 atom stereocenters. The van der Waals surface area contributed by atoms with Gasteiger partial charge in [0.25, 0.3) is 0 Å². The molecule has 2 aliphatic rings. The quantitative estimate of drug-likeness (QED) is 0.656. The second-order valence-corrected chi connectivity index (χ2v) is 5.47. The molecule has 0 aromatic carbocycles. The number of carbonyl (C=O) groups excluding carboxylic acids is 2. The summed E-state index contributed by atoms with van der Waals surface area (Å²) in [6, 6.07) is -0.123. The van der Waals surface area contributed by atoms with Gasteiger partial charge in [-0.3, -0.25) is 14.5 Å². The maximum atomic E-state index is 12.1. The van der Waals surface area contributed by atoms with Gasteiger partial charge >= 0.3 is 0 Å². The Labute approximate surface area is 126 Å². The van der Waals surface area contributed by atoms with E-state index in [-0.39, 0.29) is 17.9 Å². The molecule has 2 saturated heterocycles. The highest BCUT2D eigenvalue weighted by atomic mass is 16.5. The van der Waals surface area contributed by atoms with Gasteiger partial charge in [0.15, 0.2) is 0 Å². The van der Waals surface area contributed by atoms with Crippen molar-refractivity contribution in [3.63, 3.8) is 0 Å². The molecule has 21 heavy (non-hydrogen) atoms. The van der Waals surface area contributed by atoms with Crippen LogP contribution in [-0.4, -0.2) is 87.2 Å². The standard InChI is InChI=1S/C14H26N4O3/c1-15-14(20)12-11-16-4-6-17(12)5-2-3-13(19)18-7-9-21-10-8-18/h12,16H,2-11H2,1H3,(H,15,20). The molecule has 0 aliphatic carbocycles. The fraction of sp³-hybridized carbons (Fsp3) is 0.857. The molecule has 0 spiro atoms. The Morgan fingerprint density at radius 3 is 2.76 bits per heavy atom. The molecule has 2 amide bonds. The lowest BCUT2D eigenvalue weighted by Gasteiger charge is -2.35. The summed E-state index contributed by atoms with van der Waals surface area (Å²) < 4.78 is 5.25. The van der Waals surface area contributed by atoms with Gasteiger partial charge in [0, 0.05) is 46.2 Å². The van der Waals surface area contributed by atoms with Gasteiger partial charge in [-0.05, 0) is 13.0 Å². The summed E-state index contributed by atoms with van der Waals surface area (Å²) in [6.07, 6.45) is 1.34. The van der Waals surface area contributed by atoms with Crippen molar-refractivity contribution >= 4 is 11.8 Å². The van der Waals surface area contributed by atoms with E-state index >= 15 is 0 Å². The van der Waals surface area contributed by atoms with E-state index < -0.39 is 0 Å². The Balaban J connectivity index is 1.73. The molecule has 0 bridgehead atoms. The van der Waals surface area contributed by atoms with Crippen LogP contribution in [0.3, 0.4) is 0 Å². The lowest BCUT2D eigenvalue weighted by Crippen LogP contribution is -2.57. The van der Waals surface area contributed by atoms with E-state index in [1.807, 2.05) is 4.90 Å². The first kappa shape index (κ1) is 16.2. The van der Waals surface area contributed by atoms with E-state index in [1.54, 1.807) is 7.05 Å². The lowest BCUT2D eigenvalue weighted by atomic mass is 10.1. The minimum absolute atomic E-state index is 0.0432. The fourth-order valence-electron chi connectivity index (χ4n) is 2.84. The number of rotatable bonds is 5. The summed E-state index contributed by atoms with van der Waals surface area (Å²) >= 11 is 0. The third-order valence-corrected chi connectivity index (χ3v) is 4.10. The van der Waals surface area contributed by atoms with E-state index in [0.717, 1.165) is 26.1 Å². The van der Waals surface area contributed by atoms with Crippen molar-refractivity contribution in [2.75, 3.05) is 59.5 Å². The molecule has 2 N–H and O–H groups in total. The Kier molecular flexibility index (Phi) is 6.41. The Hall–Kier alpha value is -1.18. The normalized spacial score (nSPS) is 23.9. The molecule has 7 heteroatoms. The average Bonchev–Trinajstić information content (AvgIpc) is 2.55. The third kappa shape index (κ3) is 4.66. The Bertz CT molecular complexity index is 358. The monoisotopic (exact) mass is 298 g/mol. The van der Waals surface area contributed by atoms with Crippen LogP contribution < -0.4 is 10.6 Å². The van der Waals surface area contributed by atoms with E-state index in [1.165, 1.54) is 0 Å². The van der Waals surface area contributed by atoms with Gasteiger partial charge in [0.05, 0.1) is 13.2 Å². The molecular weight excluding hydrogens is 272 g/mol. The van der Waals surface area contributed by atoms with Crippen molar-refractivity contribution in [3.05, 3.63) is 0 Å². The Morgan fingerprint density at radius 1 is 1.29 bits per heavy atom. The number of nitrogens with one attached hydrogen (secondary N) is 2. The topological polar surface area (TPSA) is 73.9 Å². The van der Waals surface area contributed by atoms with Gasteiger partial charge in [-0.25, -0.2) is 0 Å². The largest absolute Gasteiger partial charge is 0.378 e. The Morgan fingerprint density at radius 2 is 2.05 bits per heavy atom. The summed E-state index contributed by atoms with van der Waals surface area (Å²) in [5.74, 6) is 0.242. The molecule has 2 aliphatic heterocycles. The molecule has 120 valence electrons. The van der Waals surface area contributed by atoms with Crippen LogP contribution in [0.15, 0.2) is 0 Å². The van der Waals surface area contributed by atoms with Gasteiger partial charge in [-0.2, -0.15) is 0 Å². The van der Waals surface area contributed by atoms with Crippen molar-refractivity contribution in [2.45, 2.75) is 18.9 Å². The molecule has 0 radical (unpaired) electrons. The second-order valence-electron chi connectivity index (χ2n) is 5.47. The zero-order valence-corrected chi connectivity index (χ0v) is 12.8. The number of nitrogens with zero attached hydrogens (tertiary/aromatic N) is 2. The molecule has 1 unspecified atom stereocenters. The van der Waals surface area contributed by atoms with Gasteiger partial charge in [-0.1, -0.05) is 0 Å². The van der Waals surface area contributed by atoms with Crippen LogP contribution in [0, 0.1) is 0 Å². The number of hydrogen-bond donors (Lipinski definition) is 2. The predicted octanol–water partition coefficient (Wildman–Crippen LogP) is -1.35. The van der Waals surface area contributed by atoms with Crippen LogP contribution >= 0.6 is 0 Å². The van der Waals surface area contributed by atoms with Crippen LogP contribution in [0.25, 0.3) is 0 Å². The molecule has 2 fully saturated rings. The van der Waals surface area contributed by atoms with E-state index in [0.29, 0.717) is 39.3 Å². The first-order chi connectivity index (χ1) is 10.2. The molecule has 0 saturated carbocycles. The SMILES string of the molecule is CNC(=O)C1CNCCN1CCCC(=O)N1CCOCC1. The summed E-state index contributed by atoms with van der Waals surface area (Å²) in [5, 5.41) is 5.95. The van der Waals surface area contributed by atoms with Crippen LogP contribution in [0.1, 0.15) is 12.8 Å². The first-order valence-electron chi connectivity index (χ1n) is 7.74. The first-order valence-corrected chi connectivity index (χ1v) is 7.74. The summed E-state index contributed by atoms with van der Waals surface area (Å²) in [5.41, 5.74) is 0. The van der Waals surface area contributed by atoms with E-state index in [4.69, 9.17) is 4.74 Å². The van der Waals surface area contributed by atoms with Crippen molar-refractivity contribution in [1.29, 1.82) is 0 Å². The maximum Gasteiger partial charge on any atom is 0.238 e. The van der Waals surface area contributed by atoms with Crippen LogP contribution in [-0.2, 0) is 14.3 Å². The van der Waals surface area contributed by atoms with Gasteiger partial charge in [-0.15, -0.1) is 0 Å². The zero-order valence-electron chi connectivity index (χ0n) is 12.8. The molecule has 2 heterocycles. The van der Waals surface area contributed by atoms with Crippen molar-refractivity contribution in [1.82, 2.24) is 20.4 Å². The number of hydrogen-bond acceptors (Lipinski definition) is 5. The minimum atomic E-state index is -0.123. The highest BCUT2D eigenvalue weighted by molar-refractivity contribution is 5.81. The number of ether oxygens (including phenoxy) is 1. The minimum Gasteiger partial charge on any atom is -0.378 e.